The average molecular weight is 333 g/mol. The molecular formula is C24H44. The Labute approximate surface area is 152 Å². The number of rotatable bonds is 11. The molecule has 2 rings (SSSR count). The molecule has 0 heteroatoms. The normalized spacial score (nSPS) is 27.9. The second-order valence-corrected chi connectivity index (χ2v) is 9.50. The minimum Gasteiger partial charge on any atom is -0.0856 e. The van der Waals surface area contributed by atoms with Gasteiger partial charge >= 0.3 is 0 Å². The summed E-state index contributed by atoms with van der Waals surface area (Å²) in [4.78, 5) is 0. The third-order valence-electron chi connectivity index (χ3n) is 7.50. The molecule has 2 saturated carbocycles. The van der Waals surface area contributed by atoms with Crippen LogP contribution in [0.1, 0.15) is 118 Å². The maximum atomic E-state index is 2.67. The fraction of sp³-hybridized carbons (Fsp3) is 0.917. The lowest BCUT2D eigenvalue weighted by Crippen LogP contribution is -2.38. The zero-order valence-electron chi connectivity index (χ0n) is 17.2. The van der Waals surface area contributed by atoms with Crippen molar-refractivity contribution in [3.8, 4) is 0 Å². The van der Waals surface area contributed by atoms with Crippen LogP contribution in [-0.2, 0) is 0 Å². The summed E-state index contributed by atoms with van der Waals surface area (Å²) in [5, 5.41) is 0. The van der Waals surface area contributed by atoms with Crippen molar-refractivity contribution in [1.29, 1.82) is 0 Å². The highest BCUT2D eigenvalue weighted by Crippen LogP contribution is 2.55. The van der Waals surface area contributed by atoms with E-state index >= 15 is 0 Å². The van der Waals surface area contributed by atoms with Crippen molar-refractivity contribution in [2.45, 2.75) is 118 Å². The molecule has 0 aromatic heterocycles. The Morgan fingerprint density at radius 2 is 1.79 bits per heavy atom. The second kappa shape index (κ2) is 10.0. The van der Waals surface area contributed by atoms with Gasteiger partial charge in [0.25, 0.3) is 0 Å². The highest BCUT2D eigenvalue weighted by atomic mass is 14.5. The molecule has 2 fully saturated rings. The van der Waals surface area contributed by atoms with E-state index in [1.54, 1.807) is 5.57 Å². The predicted octanol–water partition coefficient (Wildman–Crippen LogP) is 8.32. The van der Waals surface area contributed by atoms with E-state index in [9.17, 15) is 0 Å². The van der Waals surface area contributed by atoms with Crippen LogP contribution in [0, 0.1) is 23.2 Å². The summed E-state index contributed by atoms with van der Waals surface area (Å²) in [5.41, 5.74) is 2.30. The van der Waals surface area contributed by atoms with Crippen molar-refractivity contribution in [1.82, 2.24) is 0 Å². The van der Waals surface area contributed by atoms with Gasteiger partial charge in [-0.25, -0.2) is 0 Å². The molecule has 140 valence electrons. The van der Waals surface area contributed by atoms with Crippen LogP contribution >= 0.6 is 0 Å². The summed E-state index contributed by atoms with van der Waals surface area (Å²) in [5.74, 6) is 3.06. The van der Waals surface area contributed by atoms with Gasteiger partial charge in [0.1, 0.15) is 0 Å². The lowest BCUT2D eigenvalue weighted by atomic mass is 9.58. The minimum atomic E-state index is 0.659. The van der Waals surface area contributed by atoms with Gasteiger partial charge < -0.3 is 0 Å². The van der Waals surface area contributed by atoms with Crippen molar-refractivity contribution < 1.29 is 0 Å². The Morgan fingerprint density at radius 1 is 1.00 bits per heavy atom. The van der Waals surface area contributed by atoms with Gasteiger partial charge in [0, 0.05) is 0 Å². The zero-order chi connectivity index (χ0) is 17.4. The molecular weight excluding hydrogens is 288 g/mol. The summed E-state index contributed by atoms with van der Waals surface area (Å²) < 4.78 is 0. The van der Waals surface area contributed by atoms with Crippen molar-refractivity contribution in [2.24, 2.45) is 23.2 Å². The number of unbranched alkanes of at least 4 members (excludes halogenated alkanes) is 4. The molecule has 0 aromatic rings. The summed E-state index contributed by atoms with van der Waals surface area (Å²) in [6.07, 6.45) is 22.8. The van der Waals surface area contributed by atoms with E-state index in [4.69, 9.17) is 0 Å². The van der Waals surface area contributed by atoms with Gasteiger partial charge in [-0.1, -0.05) is 64.5 Å². The Hall–Kier alpha value is -0.260. The number of hydrogen-bond acceptors (Lipinski definition) is 0. The van der Waals surface area contributed by atoms with Gasteiger partial charge in [-0.3, -0.25) is 0 Å². The largest absolute Gasteiger partial charge is 0.0856 e. The number of allylic oxidation sites excluding steroid dienone is 2. The zero-order valence-corrected chi connectivity index (χ0v) is 17.2. The molecule has 0 saturated heterocycles. The monoisotopic (exact) mass is 332 g/mol. The molecule has 2 aliphatic carbocycles. The van der Waals surface area contributed by atoms with E-state index in [0.717, 1.165) is 17.8 Å². The smallest absolute Gasteiger partial charge is 0.0269 e. The van der Waals surface area contributed by atoms with Crippen LogP contribution in [0.15, 0.2) is 11.6 Å². The van der Waals surface area contributed by atoms with E-state index in [-0.39, 0.29) is 0 Å². The molecule has 0 heterocycles. The van der Waals surface area contributed by atoms with Crippen LogP contribution in [-0.4, -0.2) is 0 Å². The number of hydrogen-bond donors (Lipinski definition) is 0. The Balaban J connectivity index is 1.74. The van der Waals surface area contributed by atoms with Crippen molar-refractivity contribution in [2.75, 3.05) is 0 Å². The van der Waals surface area contributed by atoms with Crippen LogP contribution in [0.4, 0.5) is 0 Å². The maximum absolute atomic E-state index is 2.67. The molecule has 3 atom stereocenters. The van der Waals surface area contributed by atoms with Gasteiger partial charge in [-0.15, -0.1) is 0 Å². The Kier molecular flexibility index (Phi) is 8.38. The molecule has 0 radical (unpaired) electrons. The minimum absolute atomic E-state index is 0.659. The van der Waals surface area contributed by atoms with Gasteiger partial charge in [-0.05, 0) is 87.9 Å². The average Bonchev–Trinajstić information content (AvgIpc) is 2.94. The van der Waals surface area contributed by atoms with Gasteiger partial charge in [-0.2, -0.15) is 0 Å². The third-order valence-corrected chi connectivity index (χ3v) is 7.50. The molecule has 0 amide bonds. The molecule has 24 heavy (non-hydrogen) atoms. The van der Waals surface area contributed by atoms with Crippen LogP contribution in [0.5, 0.6) is 0 Å². The molecule has 0 N–H and O–H groups in total. The Morgan fingerprint density at radius 3 is 2.38 bits per heavy atom. The SMILES string of the molecule is CCCCCCC(C)=CCCCC(C)(C1CCC1)C1CCC(C)C1. The first-order chi connectivity index (χ1) is 11.6. The van der Waals surface area contributed by atoms with E-state index in [0.29, 0.717) is 5.41 Å². The summed E-state index contributed by atoms with van der Waals surface area (Å²) in [6, 6.07) is 0. The van der Waals surface area contributed by atoms with E-state index in [1.807, 2.05) is 0 Å². The molecule has 2 aliphatic rings. The summed E-state index contributed by atoms with van der Waals surface area (Å²) >= 11 is 0. The van der Waals surface area contributed by atoms with Crippen molar-refractivity contribution >= 4 is 0 Å². The summed E-state index contributed by atoms with van der Waals surface area (Å²) in [7, 11) is 0. The van der Waals surface area contributed by atoms with Gasteiger partial charge in [0.2, 0.25) is 0 Å². The highest BCUT2D eigenvalue weighted by molar-refractivity contribution is 4.99. The maximum Gasteiger partial charge on any atom is -0.0269 e. The molecule has 0 aliphatic heterocycles. The van der Waals surface area contributed by atoms with E-state index in [1.165, 1.54) is 89.9 Å². The van der Waals surface area contributed by atoms with Gasteiger partial charge in [0.15, 0.2) is 0 Å². The quantitative estimate of drug-likeness (QED) is 0.263. The first-order valence-electron chi connectivity index (χ1n) is 11.2. The fourth-order valence-corrected chi connectivity index (χ4v) is 5.38. The standard InChI is InChI=1S/C24H44/c1-5-6-7-8-12-20(2)13-9-10-18-24(4,22-14-11-15-22)23-17-16-21(3)19-23/h13,21-23H,5-12,14-19H2,1-4H3. The molecule has 0 nitrogen and oxygen atoms in total. The van der Waals surface area contributed by atoms with Crippen LogP contribution in [0.2, 0.25) is 0 Å². The molecule has 0 bridgehead atoms. The van der Waals surface area contributed by atoms with Crippen molar-refractivity contribution in [3.63, 3.8) is 0 Å². The highest BCUT2D eigenvalue weighted by Gasteiger charge is 2.44. The topological polar surface area (TPSA) is 0 Å². The predicted molar refractivity (Wildman–Crippen MR) is 108 cm³/mol. The lowest BCUT2D eigenvalue weighted by Gasteiger charge is -2.47. The second-order valence-electron chi connectivity index (χ2n) is 9.50. The fourth-order valence-electron chi connectivity index (χ4n) is 5.38. The van der Waals surface area contributed by atoms with Crippen LogP contribution < -0.4 is 0 Å². The molecule has 0 aromatic carbocycles. The van der Waals surface area contributed by atoms with Crippen LogP contribution in [0.25, 0.3) is 0 Å². The van der Waals surface area contributed by atoms with E-state index in [2.05, 4.69) is 33.8 Å². The van der Waals surface area contributed by atoms with Crippen molar-refractivity contribution in [3.05, 3.63) is 11.6 Å². The lowest BCUT2D eigenvalue weighted by molar-refractivity contribution is 0.0265. The molecule has 0 spiro atoms. The first-order valence-corrected chi connectivity index (χ1v) is 11.2. The summed E-state index contributed by atoms with van der Waals surface area (Å²) in [6.45, 7) is 9.80. The van der Waals surface area contributed by atoms with Crippen LogP contribution in [0.3, 0.4) is 0 Å². The third kappa shape index (κ3) is 5.63. The molecule has 3 unspecified atom stereocenters. The van der Waals surface area contributed by atoms with Gasteiger partial charge in [0.05, 0.1) is 0 Å². The first kappa shape index (κ1) is 20.1. The van der Waals surface area contributed by atoms with E-state index < -0.39 is 0 Å². The Bertz CT molecular complexity index is 375.